The van der Waals surface area contributed by atoms with E-state index < -0.39 is 0 Å². The lowest BCUT2D eigenvalue weighted by molar-refractivity contribution is 0.172. The number of methoxy groups -OCH3 is 1. The summed E-state index contributed by atoms with van der Waals surface area (Å²) in [6.07, 6.45) is 2.51. The Morgan fingerprint density at radius 2 is 2.14 bits per heavy atom. The largest absolute Gasteiger partial charge is 0.493 e. The number of halogens is 1. The fourth-order valence-corrected chi connectivity index (χ4v) is 3.10. The van der Waals surface area contributed by atoms with Gasteiger partial charge in [0, 0.05) is 38.9 Å². The van der Waals surface area contributed by atoms with Crippen LogP contribution in [0.3, 0.4) is 0 Å². The average molecular weight is 528 g/mol. The van der Waals surface area contributed by atoms with Crippen LogP contribution in [0.5, 0.6) is 5.75 Å². The second-order valence-corrected chi connectivity index (χ2v) is 6.84. The first kappa shape index (κ1) is 23.2. The molecule has 9 heteroatoms. The number of rotatable bonds is 9. The summed E-state index contributed by atoms with van der Waals surface area (Å²) in [6.45, 7) is 1.80. The molecule has 156 valence electrons. The number of nitrogens with one attached hydrogen (secondary N) is 2. The van der Waals surface area contributed by atoms with Gasteiger partial charge in [-0.1, -0.05) is 12.1 Å². The summed E-state index contributed by atoms with van der Waals surface area (Å²) in [4.78, 5) is 9.76. The van der Waals surface area contributed by atoms with Crippen molar-refractivity contribution in [3.8, 4) is 16.5 Å². The van der Waals surface area contributed by atoms with Gasteiger partial charge in [-0.15, -0.1) is 35.3 Å². The van der Waals surface area contributed by atoms with Crippen LogP contribution in [0.4, 0.5) is 5.69 Å². The Morgan fingerprint density at radius 3 is 2.90 bits per heavy atom. The van der Waals surface area contributed by atoms with Gasteiger partial charge in [-0.2, -0.15) is 0 Å². The first-order chi connectivity index (χ1) is 13.8. The van der Waals surface area contributed by atoms with Crippen LogP contribution in [0.1, 0.15) is 12.1 Å². The Labute approximate surface area is 191 Å². The summed E-state index contributed by atoms with van der Waals surface area (Å²) in [6, 6.07) is 11.7. The SMILES string of the molecule is CN=C(NCc1coc(-c2cccs2)n1)Nc1cccc(OCCCOC)c1.I. The predicted octanol–water partition coefficient (Wildman–Crippen LogP) is 4.62. The Kier molecular flexibility index (Phi) is 9.95. The van der Waals surface area contributed by atoms with E-state index in [1.54, 1.807) is 31.8 Å². The van der Waals surface area contributed by atoms with E-state index >= 15 is 0 Å². The van der Waals surface area contributed by atoms with Crippen LogP contribution in [0.25, 0.3) is 10.8 Å². The molecule has 29 heavy (non-hydrogen) atoms. The fraction of sp³-hybridized carbons (Fsp3) is 0.300. The highest BCUT2D eigenvalue weighted by molar-refractivity contribution is 14.0. The number of nitrogens with zero attached hydrogens (tertiary/aromatic N) is 2. The van der Waals surface area contributed by atoms with Crippen LogP contribution in [-0.2, 0) is 11.3 Å². The molecule has 0 spiro atoms. The van der Waals surface area contributed by atoms with Crippen molar-refractivity contribution in [3.05, 3.63) is 53.7 Å². The first-order valence-corrected chi connectivity index (χ1v) is 9.84. The Balaban J connectivity index is 0.00000300. The number of guanidine groups is 1. The molecule has 0 saturated heterocycles. The maximum atomic E-state index is 5.73. The molecule has 0 aliphatic rings. The van der Waals surface area contributed by atoms with E-state index in [1.807, 2.05) is 41.8 Å². The van der Waals surface area contributed by atoms with E-state index in [0.717, 1.165) is 28.4 Å². The summed E-state index contributed by atoms with van der Waals surface area (Å²) in [5.74, 6) is 2.07. The monoisotopic (exact) mass is 528 g/mol. The second kappa shape index (κ2) is 12.5. The van der Waals surface area contributed by atoms with Crippen molar-refractivity contribution in [2.45, 2.75) is 13.0 Å². The molecule has 0 unspecified atom stereocenters. The van der Waals surface area contributed by atoms with E-state index in [2.05, 4.69) is 20.6 Å². The van der Waals surface area contributed by atoms with E-state index in [4.69, 9.17) is 13.9 Å². The van der Waals surface area contributed by atoms with E-state index in [0.29, 0.717) is 31.6 Å². The molecule has 0 amide bonds. The molecule has 3 aromatic rings. The number of benzene rings is 1. The van der Waals surface area contributed by atoms with Gasteiger partial charge in [0.2, 0.25) is 5.89 Å². The molecule has 3 rings (SSSR count). The molecule has 2 heterocycles. The highest BCUT2D eigenvalue weighted by Crippen LogP contribution is 2.23. The highest BCUT2D eigenvalue weighted by atomic mass is 127. The maximum absolute atomic E-state index is 5.73. The van der Waals surface area contributed by atoms with Crippen LogP contribution in [0, 0.1) is 0 Å². The van der Waals surface area contributed by atoms with E-state index in [1.165, 1.54) is 0 Å². The number of aliphatic imine (C=N–C) groups is 1. The van der Waals surface area contributed by atoms with E-state index in [9.17, 15) is 0 Å². The van der Waals surface area contributed by atoms with Gasteiger partial charge in [0.15, 0.2) is 5.96 Å². The quantitative estimate of drug-likeness (QED) is 0.183. The molecule has 0 radical (unpaired) electrons. The predicted molar refractivity (Wildman–Crippen MR) is 127 cm³/mol. The Bertz CT molecular complexity index is 884. The third kappa shape index (κ3) is 7.33. The molecule has 2 aromatic heterocycles. The molecule has 0 atom stereocenters. The van der Waals surface area contributed by atoms with Gasteiger partial charge in [-0.05, 0) is 23.6 Å². The topological polar surface area (TPSA) is 80.9 Å². The van der Waals surface area contributed by atoms with Crippen LogP contribution in [-0.4, -0.2) is 38.3 Å². The average Bonchev–Trinajstić information content (AvgIpc) is 3.40. The van der Waals surface area contributed by atoms with Gasteiger partial charge in [0.05, 0.1) is 23.7 Å². The molecular formula is C20H25IN4O3S. The van der Waals surface area contributed by atoms with Crippen molar-refractivity contribution >= 4 is 47.0 Å². The van der Waals surface area contributed by atoms with Gasteiger partial charge < -0.3 is 24.5 Å². The van der Waals surface area contributed by atoms with Gasteiger partial charge in [-0.25, -0.2) is 4.98 Å². The van der Waals surface area contributed by atoms with Gasteiger partial charge in [0.25, 0.3) is 0 Å². The highest BCUT2D eigenvalue weighted by Gasteiger charge is 2.08. The zero-order valence-electron chi connectivity index (χ0n) is 16.4. The van der Waals surface area contributed by atoms with Crippen molar-refractivity contribution in [2.75, 3.05) is 32.7 Å². The summed E-state index contributed by atoms with van der Waals surface area (Å²) in [7, 11) is 3.41. The zero-order chi connectivity index (χ0) is 19.6. The second-order valence-electron chi connectivity index (χ2n) is 5.89. The smallest absolute Gasteiger partial charge is 0.236 e. The third-order valence-corrected chi connectivity index (χ3v) is 4.66. The standard InChI is InChI=1S/C20H24N4O3S.HI/c1-21-20(22-13-16-14-27-19(23-16)18-8-4-11-28-18)24-15-6-3-7-17(12-15)26-10-5-9-25-2;/h3-4,6-8,11-12,14H,5,9-10,13H2,1-2H3,(H2,21,22,24);1H. The number of hydrogen-bond donors (Lipinski definition) is 2. The van der Waals surface area contributed by atoms with Crippen LogP contribution in [0.15, 0.2) is 57.5 Å². The van der Waals surface area contributed by atoms with Crippen LogP contribution < -0.4 is 15.4 Å². The first-order valence-electron chi connectivity index (χ1n) is 8.96. The van der Waals surface area contributed by atoms with Gasteiger partial charge in [0.1, 0.15) is 12.0 Å². The number of thiophene rings is 1. The number of aromatic nitrogens is 1. The molecule has 0 aliphatic carbocycles. The number of oxazole rings is 1. The summed E-state index contributed by atoms with van der Waals surface area (Å²) in [5.41, 5.74) is 1.69. The summed E-state index contributed by atoms with van der Waals surface area (Å²) in [5, 5.41) is 8.49. The zero-order valence-corrected chi connectivity index (χ0v) is 19.5. The minimum Gasteiger partial charge on any atom is -0.493 e. The molecule has 2 N–H and O–H groups in total. The summed E-state index contributed by atoms with van der Waals surface area (Å²) >= 11 is 1.60. The molecule has 1 aromatic carbocycles. The maximum Gasteiger partial charge on any atom is 0.236 e. The molecule has 0 bridgehead atoms. The Morgan fingerprint density at radius 1 is 1.24 bits per heavy atom. The molecular weight excluding hydrogens is 503 g/mol. The lowest BCUT2D eigenvalue weighted by atomic mass is 10.3. The lowest BCUT2D eigenvalue weighted by Crippen LogP contribution is -2.30. The van der Waals surface area contributed by atoms with Crippen molar-refractivity contribution in [2.24, 2.45) is 4.99 Å². The van der Waals surface area contributed by atoms with Crippen LogP contribution >= 0.6 is 35.3 Å². The molecule has 7 nitrogen and oxygen atoms in total. The number of ether oxygens (including phenoxy) is 2. The normalized spacial score (nSPS) is 11.0. The lowest BCUT2D eigenvalue weighted by Gasteiger charge is -2.12. The van der Waals surface area contributed by atoms with Gasteiger partial charge >= 0.3 is 0 Å². The minimum atomic E-state index is 0. The minimum absolute atomic E-state index is 0. The van der Waals surface area contributed by atoms with Gasteiger partial charge in [-0.3, -0.25) is 4.99 Å². The fourth-order valence-electron chi connectivity index (χ4n) is 2.45. The third-order valence-electron chi connectivity index (χ3n) is 3.80. The van der Waals surface area contributed by atoms with Crippen molar-refractivity contribution in [1.82, 2.24) is 10.3 Å². The van der Waals surface area contributed by atoms with Crippen molar-refractivity contribution < 1.29 is 13.9 Å². The molecule has 0 aliphatic heterocycles. The molecule has 0 fully saturated rings. The molecule has 0 saturated carbocycles. The van der Waals surface area contributed by atoms with Crippen molar-refractivity contribution in [1.29, 1.82) is 0 Å². The number of hydrogen-bond acceptors (Lipinski definition) is 6. The van der Waals surface area contributed by atoms with Crippen LogP contribution in [0.2, 0.25) is 0 Å². The summed E-state index contributed by atoms with van der Waals surface area (Å²) < 4.78 is 16.3. The van der Waals surface area contributed by atoms with Crippen molar-refractivity contribution in [3.63, 3.8) is 0 Å². The Hall–Kier alpha value is -2.11. The number of anilines is 1. The van der Waals surface area contributed by atoms with E-state index in [-0.39, 0.29) is 24.0 Å².